The molecular formula is C26H32N4O3. The van der Waals surface area contributed by atoms with Crippen molar-refractivity contribution in [3.63, 3.8) is 0 Å². The van der Waals surface area contributed by atoms with E-state index in [1.807, 2.05) is 80.1 Å². The Morgan fingerprint density at radius 1 is 1.12 bits per heavy atom. The highest BCUT2D eigenvalue weighted by atomic mass is 16.6. The summed E-state index contributed by atoms with van der Waals surface area (Å²) in [6.07, 6.45) is 0.576. The van der Waals surface area contributed by atoms with Gasteiger partial charge in [-0.25, -0.2) is 4.79 Å². The van der Waals surface area contributed by atoms with Gasteiger partial charge in [0.2, 0.25) is 0 Å². The fourth-order valence-corrected chi connectivity index (χ4v) is 4.64. The minimum absolute atomic E-state index is 0.149. The molecule has 1 amide bonds. The van der Waals surface area contributed by atoms with Gasteiger partial charge in [0.25, 0.3) is 0 Å². The van der Waals surface area contributed by atoms with Gasteiger partial charge in [-0.2, -0.15) is 0 Å². The van der Waals surface area contributed by atoms with Crippen molar-refractivity contribution < 1.29 is 14.6 Å². The lowest BCUT2D eigenvalue weighted by Crippen LogP contribution is -2.51. The van der Waals surface area contributed by atoms with E-state index in [9.17, 15) is 9.90 Å². The zero-order chi connectivity index (χ0) is 23.8. The van der Waals surface area contributed by atoms with E-state index in [0.717, 1.165) is 28.3 Å². The molecule has 0 unspecified atom stereocenters. The fourth-order valence-electron chi connectivity index (χ4n) is 4.64. The van der Waals surface area contributed by atoms with Crippen LogP contribution in [-0.2, 0) is 17.4 Å². The summed E-state index contributed by atoms with van der Waals surface area (Å²) in [5, 5.41) is 18.9. The Morgan fingerprint density at radius 2 is 1.79 bits per heavy atom. The van der Waals surface area contributed by atoms with Gasteiger partial charge in [0, 0.05) is 32.0 Å². The lowest BCUT2D eigenvalue weighted by atomic mass is 9.80. The van der Waals surface area contributed by atoms with E-state index in [0.29, 0.717) is 19.4 Å². The molecule has 0 bridgehead atoms. The first-order valence-electron chi connectivity index (χ1n) is 11.3. The molecule has 2 heterocycles. The Kier molecular flexibility index (Phi) is 6.01. The maximum atomic E-state index is 13.2. The Labute approximate surface area is 195 Å². The van der Waals surface area contributed by atoms with Crippen LogP contribution in [0.25, 0.3) is 11.4 Å². The van der Waals surface area contributed by atoms with Crippen molar-refractivity contribution in [2.24, 2.45) is 7.05 Å². The molecule has 174 valence electrons. The normalized spacial score (nSPS) is 19.9. The molecule has 1 fully saturated rings. The van der Waals surface area contributed by atoms with Gasteiger partial charge < -0.3 is 19.3 Å². The Morgan fingerprint density at radius 3 is 2.33 bits per heavy atom. The lowest BCUT2D eigenvalue weighted by Gasteiger charge is -2.45. The quantitative estimate of drug-likeness (QED) is 0.589. The molecule has 1 aromatic heterocycles. The van der Waals surface area contributed by atoms with E-state index >= 15 is 0 Å². The monoisotopic (exact) mass is 448 g/mol. The summed E-state index contributed by atoms with van der Waals surface area (Å²) in [4.78, 5) is 15.0. The van der Waals surface area contributed by atoms with Gasteiger partial charge >= 0.3 is 6.09 Å². The van der Waals surface area contributed by atoms with Gasteiger partial charge in [0.15, 0.2) is 5.82 Å². The summed E-state index contributed by atoms with van der Waals surface area (Å²) in [6, 6.07) is 17.6. The number of aliphatic hydroxyl groups is 1. The smallest absolute Gasteiger partial charge is 0.411 e. The number of hydrogen-bond donors (Lipinski definition) is 1. The third-order valence-electron chi connectivity index (χ3n) is 6.50. The van der Waals surface area contributed by atoms with Crippen LogP contribution in [0.1, 0.15) is 56.6 Å². The maximum absolute atomic E-state index is 13.2. The second kappa shape index (κ2) is 8.63. The molecule has 0 aliphatic carbocycles. The molecule has 3 aromatic rings. The highest BCUT2D eigenvalue weighted by molar-refractivity contribution is 5.70. The van der Waals surface area contributed by atoms with Crippen LogP contribution < -0.4 is 0 Å². The number of carbonyl (C=O) groups excluding carboxylic acids is 1. The summed E-state index contributed by atoms with van der Waals surface area (Å²) in [5.74, 6) is 1.66. The fraction of sp³-hybridized carbons (Fsp3) is 0.423. The number of aromatic nitrogens is 3. The van der Waals surface area contributed by atoms with E-state index in [4.69, 9.17) is 4.74 Å². The zero-order valence-electron chi connectivity index (χ0n) is 19.9. The topological polar surface area (TPSA) is 80.5 Å². The van der Waals surface area contributed by atoms with E-state index < -0.39 is 11.2 Å². The maximum Gasteiger partial charge on any atom is 0.411 e. The van der Waals surface area contributed by atoms with E-state index in [-0.39, 0.29) is 12.1 Å². The van der Waals surface area contributed by atoms with Crippen LogP contribution >= 0.6 is 0 Å². The summed E-state index contributed by atoms with van der Waals surface area (Å²) < 4.78 is 8.06. The molecule has 1 saturated heterocycles. The van der Waals surface area contributed by atoms with E-state index in [2.05, 4.69) is 10.2 Å². The number of amides is 1. The molecule has 1 aliphatic rings. The van der Waals surface area contributed by atoms with Crippen LogP contribution in [0.15, 0.2) is 54.6 Å². The molecular weight excluding hydrogens is 416 g/mol. The molecule has 4 rings (SSSR count). The Hall–Kier alpha value is -3.19. The Balaban J connectivity index is 1.54. The SMILES string of the molecule is Cc1nnc(-c2ccc([C@H](C)N3CC[C@](CC(C)(C)O)(c4ccccc4)OC3=O)cc2)n1C. The van der Waals surface area contributed by atoms with E-state index in [1.165, 1.54) is 0 Å². The van der Waals surface area contributed by atoms with Crippen molar-refractivity contribution in [2.75, 3.05) is 6.54 Å². The number of rotatable bonds is 6. The predicted molar refractivity (Wildman–Crippen MR) is 126 cm³/mol. The molecule has 7 heteroatoms. The molecule has 33 heavy (non-hydrogen) atoms. The van der Waals surface area contributed by atoms with Crippen LogP contribution in [0, 0.1) is 6.92 Å². The van der Waals surface area contributed by atoms with Crippen LogP contribution in [0.5, 0.6) is 0 Å². The minimum Gasteiger partial charge on any atom is -0.438 e. The minimum atomic E-state index is -0.974. The van der Waals surface area contributed by atoms with Crippen LogP contribution in [-0.4, -0.2) is 43.0 Å². The Bertz CT molecular complexity index is 1120. The zero-order valence-corrected chi connectivity index (χ0v) is 19.9. The third kappa shape index (κ3) is 4.64. The molecule has 2 aromatic carbocycles. The number of hydrogen-bond acceptors (Lipinski definition) is 5. The summed E-state index contributed by atoms with van der Waals surface area (Å²) in [6.45, 7) is 7.97. The predicted octanol–water partition coefficient (Wildman–Crippen LogP) is 4.75. The molecule has 0 radical (unpaired) electrons. The van der Waals surface area contributed by atoms with Crippen molar-refractivity contribution >= 4 is 6.09 Å². The summed E-state index contributed by atoms with van der Waals surface area (Å²) in [7, 11) is 1.94. The van der Waals surface area contributed by atoms with Crippen LogP contribution in [0.3, 0.4) is 0 Å². The number of nitrogens with zero attached hydrogens (tertiary/aromatic N) is 4. The second-order valence-electron chi connectivity index (χ2n) is 9.59. The van der Waals surface area contributed by atoms with Gasteiger partial charge in [-0.3, -0.25) is 0 Å². The average molecular weight is 449 g/mol. The van der Waals surface area contributed by atoms with Gasteiger partial charge in [0.05, 0.1) is 11.6 Å². The van der Waals surface area contributed by atoms with Gasteiger partial charge in [0.1, 0.15) is 11.4 Å². The number of aryl methyl sites for hydroxylation is 1. The summed E-state index contributed by atoms with van der Waals surface area (Å²) >= 11 is 0. The molecule has 1 aliphatic heterocycles. The highest BCUT2D eigenvalue weighted by Crippen LogP contribution is 2.42. The van der Waals surface area contributed by atoms with Crippen molar-refractivity contribution in [3.05, 3.63) is 71.5 Å². The van der Waals surface area contributed by atoms with Crippen LogP contribution in [0.2, 0.25) is 0 Å². The summed E-state index contributed by atoms with van der Waals surface area (Å²) in [5.41, 5.74) is 1.08. The van der Waals surface area contributed by atoms with Gasteiger partial charge in [-0.1, -0.05) is 54.6 Å². The van der Waals surface area contributed by atoms with Crippen molar-refractivity contribution in [1.82, 2.24) is 19.7 Å². The number of carbonyl (C=O) groups is 1. The molecule has 0 spiro atoms. The first-order valence-corrected chi connectivity index (χ1v) is 11.3. The highest BCUT2D eigenvalue weighted by Gasteiger charge is 2.46. The third-order valence-corrected chi connectivity index (χ3v) is 6.50. The van der Waals surface area contributed by atoms with E-state index in [1.54, 1.807) is 18.7 Å². The average Bonchev–Trinajstić information content (AvgIpc) is 3.11. The lowest BCUT2D eigenvalue weighted by molar-refractivity contribution is -0.101. The van der Waals surface area contributed by atoms with Crippen molar-refractivity contribution in [1.29, 1.82) is 0 Å². The first-order chi connectivity index (χ1) is 15.6. The largest absolute Gasteiger partial charge is 0.438 e. The van der Waals surface area contributed by atoms with Crippen molar-refractivity contribution in [2.45, 2.75) is 57.8 Å². The standard InChI is InChI=1S/C26H32N4O3/c1-18(20-11-13-21(14-12-20)23-28-27-19(2)29(23)5)30-16-15-26(33-24(30)31,17-25(3,4)32)22-9-7-6-8-10-22/h6-14,18,32H,15-17H2,1-5H3/t18-,26-/m0/s1. The second-order valence-corrected chi connectivity index (χ2v) is 9.59. The molecule has 0 saturated carbocycles. The van der Waals surface area contributed by atoms with Crippen LogP contribution in [0.4, 0.5) is 4.79 Å². The first kappa shape index (κ1) is 23.0. The molecule has 2 atom stereocenters. The van der Waals surface area contributed by atoms with Gasteiger partial charge in [-0.15, -0.1) is 10.2 Å². The number of ether oxygens (including phenoxy) is 1. The molecule has 1 N–H and O–H groups in total. The van der Waals surface area contributed by atoms with Gasteiger partial charge in [-0.05, 0) is 38.8 Å². The molecule has 7 nitrogen and oxygen atoms in total. The number of cyclic esters (lactones) is 1. The van der Waals surface area contributed by atoms with Crippen molar-refractivity contribution in [3.8, 4) is 11.4 Å². The number of benzene rings is 2.